The Morgan fingerprint density at radius 1 is 0.857 bits per heavy atom. The number of nitrogen functional groups attached to an aromatic ring is 1. The summed E-state index contributed by atoms with van der Waals surface area (Å²) in [7, 11) is 0. The van der Waals surface area contributed by atoms with E-state index in [1.54, 1.807) is 36.4 Å². The summed E-state index contributed by atoms with van der Waals surface area (Å²) < 4.78 is 1.33. The van der Waals surface area contributed by atoms with E-state index in [1.165, 1.54) is 41.5 Å². The van der Waals surface area contributed by atoms with Crippen LogP contribution < -0.4 is 16.6 Å². The van der Waals surface area contributed by atoms with Gasteiger partial charge in [-0.2, -0.15) is 0 Å². The van der Waals surface area contributed by atoms with Crippen LogP contribution in [0.25, 0.3) is 16.6 Å². The molecular formula is C28H16Cl2N6O6. The number of halogens is 2. The molecule has 1 amide bonds. The molecule has 2 aliphatic rings. The van der Waals surface area contributed by atoms with Gasteiger partial charge in [-0.25, -0.2) is 9.78 Å². The smallest absolute Gasteiger partial charge is 0.337 e. The van der Waals surface area contributed by atoms with Crippen LogP contribution in [-0.2, 0) is 4.79 Å². The molecule has 0 aliphatic carbocycles. The van der Waals surface area contributed by atoms with Gasteiger partial charge in [-0.3, -0.25) is 33.7 Å². The van der Waals surface area contributed by atoms with Crippen molar-refractivity contribution in [2.75, 3.05) is 11.1 Å². The van der Waals surface area contributed by atoms with Crippen LogP contribution in [0.2, 0.25) is 10.0 Å². The van der Waals surface area contributed by atoms with Gasteiger partial charge in [-0.05, 0) is 48.5 Å². The molecule has 0 bridgehead atoms. The number of hydrogen-bond donors (Lipinski definition) is 3. The standard InChI is InChI=1S/C14H6ClN3O2.C8H4ClNO2.C6H6N2O2/c15-7-1-2-11-9(5-7)12(19)13-17-10-6-16-4-3-8(10)14(20)18(11)13;9-4-1-2-6-5(3-4)7(11)8(12)10-6;7-5-3-8-2-1-4(5)6(9)10/h1-6H;1-3H,(H,10,11,12);1-3H,7H2,(H,9,10). The molecule has 208 valence electrons. The van der Waals surface area contributed by atoms with E-state index < -0.39 is 17.7 Å². The highest BCUT2D eigenvalue weighted by molar-refractivity contribution is 6.52. The topological polar surface area (TPSA) is 187 Å². The zero-order chi connectivity index (χ0) is 30.1. The largest absolute Gasteiger partial charge is 0.478 e. The predicted molar refractivity (Wildman–Crippen MR) is 154 cm³/mol. The van der Waals surface area contributed by atoms with Crippen molar-refractivity contribution in [1.82, 2.24) is 19.5 Å². The number of carbonyl (C=O) groups excluding carboxylic acids is 3. The number of aromatic nitrogens is 4. The quantitative estimate of drug-likeness (QED) is 0.233. The molecule has 0 saturated carbocycles. The minimum Gasteiger partial charge on any atom is -0.478 e. The van der Waals surface area contributed by atoms with Crippen LogP contribution >= 0.6 is 23.2 Å². The van der Waals surface area contributed by atoms with E-state index in [9.17, 15) is 24.0 Å². The lowest BCUT2D eigenvalue weighted by Crippen LogP contribution is -2.21. The summed E-state index contributed by atoms with van der Waals surface area (Å²) in [4.78, 5) is 68.9. The Hall–Kier alpha value is -5.46. The maximum Gasteiger partial charge on any atom is 0.337 e. The van der Waals surface area contributed by atoms with Gasteiger partial charge >= 0.3 is 5.97 Å². The fourth-order valence-electron chi connectivity index (χ4n) is 4.13. The molecule has 0 atom stereocenters. The van der Waals surface area contributed by atoms with Gasteiger partial charge in [0.1, 0.15) is 0 Å². The van der Waals surface area contributed by atoms with Crippen molar-refractivity contribution in [3.63, 3.8) is 0 Å². The van der Waals surface area contributed by atoms with Crippen molar-refractivity contribution >= 4 is 68.9 Å². The number of anilines is 2. The van der Waals surface area contributed by atoms with E-state index in [0.29, 0.717) is 43.4 Å². The zero-order valence-electron chi connectivity index (χ0n) is 21.0. The second kappa shape index (κ2) is 11.2. The van der Waals surface area contributed by atoms with Crippen molar-refractivity contribution in [1.29, 1.82) is 0 Å². The normalized spacial score (nSPS) is 12.3. The molecule has 0 saturated heterocycles. The minimum atomic E-state index is -1.03. The lowest BCUT2D eigenvalue weighted by molar-refractivity contribution is -0.112. The number of hydrogen-bond acceptors (Lipinski definition) is 9. The molecule has 0 spiro atoms. The minimum absolute atomic E-state index is 0.0926. The van der Waals surface area contributed by atoms with Crippen LogP contribution in [0.1, 0.15) is 36.9 Å². The number of Topliss-reactive ketones (excluding diaryl/α,β-unsaturated/α-hetero) is 1. The maximum atomic E-state index is 12.5. The summed E-state index contributed by atoms with van der Waals surface area (Å²) in [5.74, 6) is -2.34. The molecule has 12 nitrogen and oxygen atoms in total. The highest BCUT2D eigenvalue weighted by Gasteiger charge is 2.30. The van der Waals surface area contributed by atoms with E-state index in [4.69, 9.17) is 34.0 Å². The zero-order valence-corrected chi connectivity index (χ0v) is 22.6. The third kappa shape index (κ3) is 5.19. The van der Waals surface area contributed by atoms with E-state index >= 15 is 0 Å². The number of amides is 1. The van der Waals surface area contributed by atoms with Crippen molar-refractivity contribution in [2.24, 2.45) is 0 Å². The summed E-state index contributed by atoms with van der Waals surface area (Å²) in [5, 5.41) is 12.2. The average Bonchev–Trinajstić information content (AvgIpc) is 3.41. The number of fused-ring (bicyclic) bond motifs is 5. The fraction of sp³-hybridized carbons (Fsp3) is 0. The Labute approximate surface area is 245 Å². The molecule has 0 unspecified atom stereocenters. The molecule has 42 heavy (non-hydrogen) atoms. The Morgan fingerprint density at radius 2 is 1.52 bits per heavy atom. The van der Waals surface area contributed by atoms with Crippen LogP contribution in [0.15, 0.2) is 78.1 Å². The second-order valence-electron chi connectivity index (χ2n) is 8.70. The number of nitrogens with one attached hydrogen (secondary N) is 1. The fourth-order valence-corrected chi connectivity index (χ4v) is 4.48. The van der Waals surface area contributed by atoms with Gasteiger partial charge in [-0.15, -0.1) is 0 Å². The van der Waals surface area contributed by atoms with Gasteiger partial charge in [-0.1, -0.05) is 23.2 Å². The van der Waals surface area contributed by atoms with Crippen LogP contribution in [0.3, 0.4) is 0 Å². The van der Waals surface area contributed by atoms with Crippen LogP contribution in [0, 0.1) is 0 Å². The molecule has 2 aliphatic heterocycles. The van der Waals surface area contributed by atoms with Gasteiger partial charge in [0, 0.05) is 22.4 Å². The summed E-state index contributed by atoms with van der Waals surface area (Å²) in [6.45, 7) is 0. The van der Waals surface area contributed by atoms with E-state index in [2.05, 4.69) is 20.3 Å². The van der Waals surface area contributed by atoms with Crippen molar-refractivity contribution in [3.05, 3.63) is 116 Å². The molecular weight excluding hydrogens is 587 g/mol. The van der Waals surface area contributed by atoms with Crippen LogP contribution in [0.5, 0.6) is 0 Å². The Balaban J connectivity index is 0.000000137. The van der Waals surface area contributed by atoms with E-state index in [1.807, 2.05) is 0 Å². The Bertz CT molecular complexity index is 2030. The van der Waals surface area contributed by atoms with Crippen molar-refractivity contribution in [3.8, 4) is 5.69 Å². The third-order valence-electron chi connectivity index (χ3n) is 6.08. The summed E-state index contributed by atoms with van der Waals surface area (Å²) in [6, 6.07) is 12.5. The Morgan fingerprint density at radius 3 is 2.21 bits per heavy atom. The number of carboxylic acids is 1. The molecule has 14 heteroatoms. The molecule has 0 fully saturated rings. The predicted octanol–water partition coefficient (Wildman–Crippen LogP) is 3.82. The number of rotatable bonds is 1. The first-order valence-corrected chi connectivity index (χ1v) is 12.6. The molecule has 4 N–H and O–H groups in total. The SMILES string of the molecule is Nc1cnccc1C(=O)O.O=C1Nc2ccc(Cl)cc2C1=O.O=C1c2cc(Cl)ccc2-n2c1nc1cnccc1c2=O. The molecule has 0 radical (unpaired) electrons. The van der Waals surface area contributed by atoms with E-state index in [-0.39, 0.29) is 28.4 Å². The summed E-state index contributed by atoms with van der Waals surface area (Å²) in [6.07, 6.45) is 5.70. The molecule has 2 aromatic carbocycles. The number of benzene rings is 2. The van der Waals surface area contributed by atoms with Gasteiger partial charge < -0.3 is 16.2 Å². The Kier molecular flexibility index (Phi) is 7.49. The monoisotopic (exact) mass is 602 g/mol. The van der Waals surface area contributed by atoms with Crippen molar-refractivity contribution in [2.45, 2.75) is 0 Å². The van der Waals surface area contributed by atoms with E-state index in [0.717, 1.165) is 0 Å². The summed E-state index contributed by atoms with van der Waals surface area (Å²) in [5.41, 5.74) is 7.50. The number of pyridine rings is 2. The highest BCUT2D eigenvalue weighted by atomic mass is 35.5. The van der Waals surface area contributed by atoms with Gasteiger partial charge in [0.05, 0.1) is 57.0 Å². The van der Waals surface area contributed by atoms with Gasteiger partial charge in [0.25, 0.3) is 17.2 Å². The van der Waals surface area contributed by atoms with Gasteiger partial charge in [0.15, 0.2) is 5.82 Å². The second-order valence-corrected chi connectivity index (χ2v) is 9.57. The van der Waals surface area contributed by atoms with Crippen LogP contribution in [0.4, 0.5) is 11.4 Å². The van der Waals surface area contributed by atoms with Gasteiger partial charge in [0.2, 0.25) is 5.78 Å². The average molecular weight is 603 g/mol. The molecule has 5 aromatic rings. The first-order chi connectivity index (χ1) is 20.1. The number of carboxylic acid groups (broad SMARTS) is 1. The summed E-state index contributed by atoms with van der Waals surface area (Å²) >= 11 is 11.6. The molecule has 3 aromatic heterocycles. The number of carbonyl (C=O) groups is 4. The first kappa shape index (κ1) is 28.1. The molecule has 7 rings (SSSR count). The highest BCUT2D eigenvalue weighted by Crippen LogP contribution is 2.28. The molecule has 5 heterocycles. The van der Waals surface area contributed by atoms with Crippen molar-refractivity contribution < 1.29 is 24.3 Å². The number of aromatic carboxylic acids is 1. The third-order valence-corrected chi connectivity index (χ3v) is 6.55. The first-order valence-electron chi connectivity index (χ1n) is 11.9. The maximum absolute atomic E-state index is 12.5. The number of ketones is 2. The van der Waals surface area contributed by atoms with Crippen LogP contribution in [-0.4, -0.2) is 48.1 Å². The number of nitrogens with two attached hydrogens (primary N) is 1. The lowest BCUT2D eigenvalue weighted by Gasteiger charge is -2.04. The number of nitrogens with zero attached hydrogens (tertiary/aromatic N) is 4. The lowest BCUT2D eigenvalue weighted by atomic mass is 10.1.